The Labute approximate surface area is 87.8 Å². The fraction of sp³-hybridized carbons (Fsp3) is 0.818. The van der Waals surface area contributed by atoms with Crippen LogP contribution in [0, 0.1) is 12.3 Å². The Morgan fingerprint density at radius 2 is 2.29 bits per heavy atom. The molecule has 0 rings (SSSR count). The van der Waals surface area contributed by atoms with E-state index in [9.17, 15) is 0 Å². The Morgan fingerprint density at radius 1 is 1.57 bits per heavy atom. The predicted molar refractivity (Wildman–Crippen MR) is 60.3 cm³/mol. The molecule has 3 nitrogen and oxygen atoms in total. The minimum Gasteiger partial charge on any atom is -0.383 e. The van der Waals surface area contributed by atoms with Crippen LogP contribution in [0.15, 0.2) is 0 Å². The van der Waals surface area contributed by atoms with Crippen molar-refractivity contribution in [3.8, 4) is 12.3 Å². The van der Waals surface area contributed by atoms with Crippen LogP contribution in [0.4, 0.5) is 0 Å². The summed E-state index contributed by atoms with van der Waals surface area (Å²) in [5.41, 5.74) is 0. The summed E-state index contributed by atoms with van der Waals surface area (Å²) in [7, 11) is 3.74. The molecule has 0 aliphatic carbocycles. The molecule has 0 radical (unpaired) electrons. The van der Waals surface area contributed by atoms with Crippen molar-refractivity contribution in [2.45, 2.75) is 19.4 Å². The summed E-state index contributed by atoms with van der Waals surface area (Å²) in [5.74, 6) is 2.64. The normalized spacial score (nSPS) is 12.8. The van der Waals surface area contributed by atoms with Crippen LogP contribution < -0.4 is 5.32 Å². The summed E-state index contributed by atoms with van der Waals surface area (Å²) in [5, 5.41) is 3.37. The van der Waals surface area contributed by atoms with E-state index in [0.29, 0.717) is 12.6 Å². The average molecular weight is 198 g/mol. The van der Waals surface area contributed by atoms with E-state index in [1.165, 1.54) is 0 Å². The molecular formula is C11H22N2O. The second-order valence-corrected chi connectivity index (χ2v) is 3.43. The molecule has 0 aromatic rings. The lowest BCUT2D eigenvalue weighted by atomic mass is 10.2. The number of nitrogens with one attached hydrogen (secondary N) is 1. The Morgan fingerprint density at radius 3 is 2.79 bits per heavy atom. The van der Waals surface area contributed by atoms with Gasteiger partial charge in [0.25, 0.3) is 0 Å². The quantitative estimate of drug-likeness (QED) is 0.456. The van der Waals surface area contributed by atoms with Crippen molar-refractivity contribution in [2.24, 2.45) is 0 Å². The molecule has 0 aliphatic heterocycles. The van der Waals surface area contributed by atoms with Gasteiger partial charge in [-0.25, -0.2) is 0 Å². The molecule has 0 heterocycles. The highest BCUT2D eigenvalue weighted by atomic mass is 16.5. The molecule has 0 aromatic heterocycles. The minimum atomic E-state index is 0.364. The summed E-state index contributed by atoms with van der Waals surface area (Å²) in [6, 6.07) is 0.364. The molecule has 0 amide bonds. The molecule has 0 bridgehead atoms. The molecule has 3 heteroatoms. The first kappa shape index (κ1) is 13.4. The van der Waals surface area contributed by atoms with E-state index < -0.39 is 0 Å². The minimum absolute atomic E-state index is 0.364. The summed E-state index contributed by atoms with van der Waals surface area (Å²) >= 11 is 0. The van der Waals surface area contributed by atoms with Gasteiger partial charge >= 0.3 is 0 Å². The van der Waals surface area contributed by atoms with Crippen molar-refractivity contribution in [2.75, 3.05) is 40.4 Å². The van der Waals surface area contributed by atoms with Crippen LogP contribution in [0.1, 0.15) is 13.3 Å². The van der Waals surface area contributed by atoms with E-state index in [-0.39, 0.29) is 0 Å². The molecule has 0 fully saturated rings. The second kappa shape index (κ2) is 9.01. The molecule has 82 valence electrons. The van der Waals surface area contributed by atoms with Crippen molar-refractivity contribution >= 4 is 0 Å². The Hall–Kier alpha value is -0.560. The van der Waals surface area contributed by atoms with Crippen LogP contribution in [0.3, 0.4) is 0 Å². The highest BCUT2D eigenvalue weighted by Crippen LogP contribution is 1.95. The van der Waals surface area contributed by atoms with Gasteiger partial charge in [-0.15, -0.1) is 6.42 Å². The van der Waals surface area contributed by atoms with E-state index in [4.69, 9.17) is 11.2 Å². The number of hydrogen-bond acceptors (Lipinski definition) is 3. The Kier molecular flexibility index (Phi) is 8.65. The van der Waals surface area contributed by atoms with Crippen LogP contribution in [0.25, 0.3) is 0 Å². The molecule has 0 aromatic carbocycles. The van der Waals surface area contributed by atoms with Gasteiger partial charge in [0.15, 0.2) is 0 Å². The molecule has 0 saturated carbocycles. The van der Waals surface area contributed by atoms with Crippen molar-refractivity contribution in [3.05, 3.63) is 0 Å². The number of hydrogen-bond donors (Lipinski definition) is 1. The molecule has 1 unspecified atom stereocenters. The lowest BCUT2D eigenvalue weighted by Gasteiger charge is -2.25. The Bertz CT molecular complexity index is 165. The van der Waals surface area contributed by atoms with Gasteiger partial charge in [-0.2, -0.15) is 0 Å². The van der Waals surface area contributed by atoms with Gasteiger partial charge in [-0.1, -0.05) is 12.8 Å². The zero-order valence-corrected chi connectivity index (χ0v) is 9.55. The summed E-state index contributed by atoms with van der Waals surface area (Å²) in [6.45, 7) is 5.52. The zero-order valence-electron chi connectivity index (χ0n) is 9.55. The van der Waals surface area contributed by atoms with Crippen LogP contribution in [-0.4, -0.2) is 51.3 Å². The molecule has 0 saturated heterocycles. The number of terminal acetylenes is 1. The van der Waals surface area contributed by atoms with Crippen LogP contribution in [-0.2, 0) is 4.74 Å². The number of likely N-dealkylation sites (N-methyl/N-ethyl adjacent to an activating group) is 1. The fourth-order valence-corrected chi connectivity index (χ4v) is 1.25. The molecule has 0 spiro atoms. The third-order valence-corrected chi connectivity index (χ3v) is 2.13. The van der Waals surface area contributed by atoms with Crippen molar-refractivity contribution in [1.82, 2.24) is 10.2 Å². The van der Waals surface area contributed by atoms with Crippen LogP contribution >= 0.6 is 0 Å². The monoisotopic (exact) mass is 198 g/mol. The van der Waals surface area contributed by atoms with E-state index in [1.54, 1.807) is 7.11 Å². The molecular weight excluding hydrogens is 176 g/mol. The lowest BCUT2D eigenvalue weighted by molar-refractivity contribution is 0.113. The summed E-state index contributed by atoms with van der Waals surface area (Å²) in [6.07, 6.45) is 6.42. The van der Waals surface area contributed by atoms with Gasteiger partial charge in [0.05, 0.1) is 13.2 Å². The van der Waals surface area contributed by atoms with Gasteiger partial charge < -0.3 is 10.1 Å². The smallest absolute Gasteiger partial charge is 0.0630 e. The third kappa shape index (κ3) is 5.98. The van der Waals surface area contributed by atoms with E-state index in [1.807, 2.05) is 7.05 Å². The van der Waals surface area contributed by atoms with Crippen molar-refractivity contribution in [1.29, 1.82) is 0 Å². The molecule has 14 heavy (non-hydrogen) atoms. The summed E-state index contributed by atoms with van der Waals surface area (Å²) < 4.78 is 5.15. The highest BCUT2D eigenvalue weighted by Gasteiger charge is 2.12. The molecule has 1 atom stereocenters. The third-order valence-electron chi connectivity index (χ3n) is 2.13. The molecule has 1 N–H and O–H groups in total. The van der Waals surface area contributed by atoms with Gasteiger partial charge in [0.1, 0.15) is 0 Å². The highest BCUT2D eigenvalue weighted by molar-refractivity contribution is 4.89. The predicted octanol–water partition coefficient (Wildman–Crippen LogP) is 0.566. The first-order chi connectivity index (χ1) is 6.76. The number of rotatable bonds is 8. The van der Waals surface area contributed by atoms with Gasteiger partial charge in [-0.3, -0.25) is 4.90 Å². The first-order valence-electron chi connectivity index (χ1n) is 5.09. The van der Waals surface area contributed by atoms with Gasteiger partial charge in [-0.05, 0) is 20.0 Å². The summed E-state index contributed by atoms with van der Waals surface area (Å²) in [4.78, 5) is 2.13. The zero-order chi connectivity index (χ0) is 10.8. The maximum atomic E-state index is 5.27. The van der Waals surface area contributed by atoms with Gasteiger partial charge in [0, 0.05) is 19.7 Å². The van der Waals surface area contributed by atoms with Gasteiger partial charge in [0.2, 0.25) is 0 Å². The maximum Gasteiger partial charge on any atom is 0.0630 e. The van der Waals surface area contributed by atoms with E-state index in [0.717, 1.165) is 26.1 Å². The largest absolute Gasteiger partial charge is 0.383 e. The van der Waals surface area contributed by atoms with Crippen molar-refractivity contribution < 1.29 is 4.74 Å². The van der Waals surface area contributed by atoms with Crippen LogP contribution in [0.5, 0.6) is 0 Å². The van der Waals surface area contributed by atoms with Crippen LogP contribution in [0.2, 0.25) is 0 Å². The standard InChI is InChI=1S/C11H22N2O/c1-5-7-12-9-11(10-14-4)13(3)8-6-2/h2,11-12H,5,7-10H2,1,3-4H3. The first-order valence-corrected chi connectivity index (χ1v) is 5.09. The van der Waals surface area contributed by atoms with E-state index in [2.05, 4.69) is 23.1 Å². The number of nitrogens with zero attached hydrogens (tertiary/aromatic N) is 1. The average Bonchev–Trinajstić information content (AvgIpc) is 2.17. The number of methoxy groups -OCH3 is 1. The topological polar surface area (TPSA) is 24.5 Å². The number of ether oxygens (including phenoxy) is 1. The second-order valence-electron chi connectivity index (χ2n) is 3.43. The SMILES string of the molecule is C#CCN(C)C(CNCCC)COC. The van der Waals surface area contributed by atoms with Crippen molar-refractivity contribution in [3.63, 3.8) is 0 Å². The van der Waals surface area contributed by atoms with E-state index >= 15 is 0 Å². The Balaban J connectivity index is 3.81. The molecule has 0 aliphatic rings. The lowest BCUT2D eigenvalue weighted by Crippen LogP contribution is -2.43. The fourth-order valence-electron chi connectivity index (χ4n) is 1.25. The maximum absolute atomic E-state index is 5.27.